The zero-order valence-corrected chi connectivity index (χ0v) is 18.4. The Labute approximate surface area is 187 Å². The van der Waals surface area contributed by atoms with Gasteiger partial charge in [0, 0.05) is 50.8 Å². The molecule has 31 heavy (non-hydrogen) atoms. The third-order valence-electron chi connectivity index (χ3n) is 5.90. The molecule has 2 fully saturated rings. The number of nitrogens with zero attached hydrogens (tertiary/aromatic N) is 3. The van der Waals surface area contributed by atoms with E-state index >= 15 is 0 Å². The number of urea groups is 1. The molecule has 0 aromatic heterocycles. The predicted molar refractivity (Wildman–Crippen MR) is 120 cm³/mol. The van der Waals surface area contributed by atoms with Gasteiger partial charge in [-0.25, -0.2) is 15.6 Å². The van der Waals surface area contributed by atoms with E-state index in [-0.39, 0.29) is 24.0 Å². The van der Waals surface area contributed by atoms with Crippen LogP contribution in [0.4, 0.5) is 4.79 Å². The fourth-order valence-electron chi connectivity index (χ4n) is 4.16. The Kier molecular flexibility index (Phi) is 6.75. The first-order valence-electron chi connectivity index (χ1n) is 10.6. The summed E-state index contributed by atoms with van der Waals surface area (Å²) >= 11 is 6.09. The van der Waals surface area contributed by atoms with Gasteiger partial charge in [0.1, 0.15) is 6.04 Å². The van der Waals surface area contributed by atoms with Gasteiger partial charge in [-0.2, -0.15) is 0 Å². The van der Waals surface area contributed by atoms with Crippen molar-refractivity contribution in [1.82, 2.24) is 25.6 Å². The van der Waals surface area contributed by atoms with E-state index in [0.717, 1.165) is 11.1 Å². The number of halogens is 1. The first kappa shape index (κ1) is 21.6. The van der Waals surface area contributed by atoms with Crippen LogP contribution in [0.5, 0.6) is 0 Å². The first-order valence-corrected chi connectivity index (χ1v) is 11.0. The van der Waals surface area contributed by atoms with Crippen LogP contribution in [0.2, 0.25) is 5.02 Å². The summed E-state index contributed by atoms with van der Waals surface area (Å²) in [7, 11) is 1.82. The van der Waals surface area contributed by atoms with Gasteiger partial charge in [-0.15, -0.1) is 0 Å². The maximum atomic E-state index is 13.0. The number of amides is 3. The van der Waals surface area contributed by atoms with E-state index in [1.165, 1.54) is 0 Å². The van der Waals surface area contributed by atoms with Crippen LogP contribution in [0.3, 0.4) is 0 Å². The van der Waals surface area contributed by atoms with Crippen molar-refractivity contribution in [3.8, 4) is 0 Å². The number of carbonyl (C=O) groups excluding carboxylic acids is 2. The summed E-state index contributed by atoms with van der Waals surface area (Å²) in [5, 5.41) is 0.687. The summed E-state index contributed by atoms with van der Waals surface area (Å²) in [5.74, 6) is 0.0711. The van der Waals surface area contributed by atoms with Gasteiger partial charge in [0.05, 0.1) is 0 Å². The van der Waals surface area contributed by atoms with Gasteiger partial charge in [-0.05, 0) is 29.7 Å². The molecule has 0 spiro atoms. The third-order valence-corrected chi connectivity index (χ3v) is 6.14. The van der Waals surface area contributed by atoms with Crippen molar-refractivity contribution in [2.24, 2.45) is 0 Å². The van der Waals surface area contributed by atoms with Crippen LogP contribution >= 0.6 is 11.6 Å². The Morgan fingerprint density at radius 1 is 1.00 bits per heavy atom. The highest BCUT2D eigenvalue weighted by atomic mass is 35.5. The molecule has 2 N–H and O–H groups in total. The van der Waals surface area contributed by atoms with Crippen LogP contribution in [-0.4, -0.2) is 65.9 Å². The van der Waals surface area contributed by atoms with Crippen molar-refractivity contribution in [2.45, 2.75) is 25.0 Å². The second-order valence-corrected chi connectivity index (χ2v) is 8.56. The van der Waals surface area contributed by atoms with Gasteiger partial charge in [-0.1, -0.05) is 54.1 Å². The number of carbonyl (C=O) groups is 2. The molecule has 7 nitrogen and oxygen atoms in total. The van der Waals surface area contributed by atoms with E-state index in [4.69, 9.17) is 11.6 Å². The van der Waals surface area contributed by atoms with Crippen molar-refractivity contribution in [3.05, 3.63) is 70.7 Å². The average molecular weight is 442 g/mol. The standard InChI is InChI=1S/C23H28ClN5O2/c1-27(16-17-6-3-2-4-7-17)23(31)29-12-10-28(11-13-29)22(30)21-15-20(25-26-21)18-8-5-9-19(24)14-18/h2-9,14,20-21,25-26H,10-13,15-16H2,1H3. The van der Waals surface area contributed by atoms with E-state index in [9.17, 15) is 9.59 Å². The SMILES string of the molecule is CN(Cc1ccccc1)C(=O)N1CCN(C(=O)C2CC(c3cccc(Cl)c3)NN2)CC1. The number of piperazine rings is 1. The van der Waals surface area contributed by atoms with E-state index in [0.29, 0.717) is 44.2 Å². The number of rotatable bonds is 4. The smallest absolute Gasteiger partial charge is 0.320 e. The summed E-state index contributed by atoms with van der Waals surface area (Å²) < 4.78 is 0. The lowest BCUT2D eigenvalue weighted by atomic mass is 10.0. The summed E-state index contributed by atoms with van der Waals surface area (Å²) in [6, 6.07) is 17.4. The average Bonchev–Trinajstić information content (AvgIpc) is 3.29. The molecule has 2 unspecified atom stereocenters. The van der Waals surface area contributed by atoms with Crippen molar-refractivity contribution in [1.29, 1.82) is 0 Å². The molecule has 2 heterocycles. The Morgan fingerprint density at radius 2 is 1.71 bits per heavy atom. The second-order valence-electron chi connectivity index (χ2n) is 8.12. The molecule has 0 saturated carbocycles. The van der Waals surface area contributed by atoms with Gasteiger partial charge in [0.2, 0.25) is 5.91 Å². The Bertz CT molecular complexity index is 917. The quantitative estimate of drug-likeness (QED) is 0.765. The van der Waals surface area contributed by atoms with Gasteiger partial charge in [-0.3, -0.25) is 4.79 Å². The summed E-state index contributed by atoms with van der Waals surface area (Å²) in [5.41, 5.74) is 8.50. The highest BCUT2D eigenvalue weighted by molar-refractivity contribution is 6.30. The van der Waals surface area contributed by atoms with E-state index in [2.05, 4.69) is 10.9 Å². The maximum absolute atomic E-state index is 13.0. The fraction of sp³-hybridized carbons (Fsp3) is 0.391. The van der Waals surface area contributed by atoms with Crippen LogP contribution in [-0.2, 0) is 11.3 Å². The van der Waals surface area contributed by atoms with Crippen molar-refractivity contribution in [3.63, 3.8) is 0 Å². The number of hydrogen-bond acceptors (Lipinski definition) is 4. The molecule has 4 rings (SSSR count). The largest absolute Gasteiger partial charge is 0.338 e. The molecule has 2 aliphatic rings. The fourth-order valence-corrected chi connectivity index (χ4v) is 4.36. The van der Waals surface area contributed by atoms with Crippen LogP contribution in [0.1, 0.15) is 23.6 Å². The van der Waals surface area contributed by atoms with Crippen LogP contribution < -0.4 is 10.9 Å². The van der Waals surface area contributed by atoms with Gasteiger partial charge in [0.15, 0.2) is 0 Å². The number of hydrazine groups is 1. The summed E-state index contributed by atoms with van der Waals surface area (Å²) in [6.45, 7) is 2.75. The highest BCUT2D eigenvalue weighted by Crippen LogP contribution is 2.25. The molecule has 0 radical (unpaired) electrons. The highest BCUT2D eigenvalue weighted by Gasteiger charge is 2.35. The van der Waals surface area contributed by atoms with Crippen molar-refractivity contribution >= 4 is 23.5 Å². The van der Waals surface area contributed by atoms with Gasteiger partial charge in [0.25, 0.3) is 0 Å². The lowest BCUT2D eigenvalue weighted by Crippen LogP contribution is -2.56. The predicted octanol–water partition coefficient (Wildman–Crippen LogP) is 2.64. The van der Waals surface area contributed by atoms with Gasteiger partial charge < -0.3 is 14.7 Å². The Balaban J connectivity index is 1.26. The molecule has 2 saturated heterocycles. The molecule has 3 amide bonds. The van der Waals surface area contributed by atoms with Crippen LogP contribution in [0.25, 0.3) is 0 Å². The minimum atomic E-state index is -0.285. The molecular weight excluding hydrogens is 414 g/mol. The number of benzene rings is 2. The molecule has 0 aliphatic carbocycles. The summed E-state index contributed by atoms with van der Waals surface area (Å²) in [4.78, 5) is 31.2. The Hall–Kier alpha value is -2.61. The van der Waals surface area contributed by atoms with Gasteiger partial charge >= 0.3 is 6.03 Å². The van der Waals surface area contributed by atoms with E-state index in [1.54, 1.807) is 4.90 Å². The topological polar surface area (TPSA) is 67.9 Å². The normalized spacial score (nSPS) is 21.2. The summed E-state index contributed by atoms with van der Waals surface area (Å²) in [6.07, 6.45) is 0.665. The first-order chi connectivity index (χ1) is 15.0. The molecule has 8 heteroatoms. The molecule has 2 atom stereocenters. The maximum Gasteiger partial charge on any atom is 0.320 e. The van der Waals surface area contributed by atoms with E-state index in [1.807, 2.05) is 71.4 Å². The van der Waals surface area contributed by atoms with Crippen molar-refractivity contribution in [2.75, 3.05) is 33.2 Å². The molecule has 2 aliphatic heterocycles. The van der Waals surface area contributed by atoms with Crippen LogP contribution in [0, 0.1) is 0 Å². The molecule has 0 bridgehead atoms. The minimum Gasteiger partial charge on any atom is -0.338 e. The second kappa shape index (κ2) is 9.68. The Morgan fingerprint density at radius 3 is 2.42 bits per heavy atom. The van der Waals surface area contributed by atoms with Crippen LogP contribution in [0.15, 0.2) is 54.6 Å². The molecule has 2 aromatic rings. The lowest BCUT2D eigenvalue weighted by molar-refractivity contribution is -0.134. The molecule has 2 aromatic carbocycles. The third kappa shape index (κ3) is 5.18. The number of nitrogens with one attached hydrogen (secondary N) is 2. The minimum absolute atomic E-state index is 0.00219. The molecule has 164 valence electrons. The van der Waals surface area contributed by atoms with Crippen molar-refractivity contribution < 1.29 is 9.59 Å². The van der Waals surface area contributed by atoms with E-state index < -0.39 is 0 Å². The number of hydrogen-bond donors (Lipinski definition) is 2. The zero-order valence-electron chi connectivity index (χ0n) is 17.6. The zero-order chi connectivity index (χ0) is 21.8. The molecular formula is C23H28ClN5O2. The monoisotopic (exact) mass is 441 g/mol. The lowest BCUT2D eigenvalue weighted by Gasteiger charge is -2.37.